The van der Waals surface area contributed by atoms with Crippen molar-refractivity contribution >= 4 is 34.1 Å². The van der Waals surface area contributed by atoms with Gasteiger partial charge in [0.25, 0.3) is 0 Å². The second-order valence-corrected chi connectivity index (χ2v) is 19.8. The summed E-state index contributed by atoms with van der Waals surface area (Å²) in [4.78, 5) is 11.0. The first-order valence-electron chi connectivity index (χ1n) is 23.9. The number of para-hydroxylation sites is 1. The first kappa shape index (κ1) is 37.3. The summed E-state index contributed by atoms with van der Waals surface area (Å²) in [5, 5.41) is 0. The molecule has 0 aromatic heterocycles. The number of hydrogen-bond acceptors (Lipinski definition) is 4. The molecule has 4 nitrogen and oxygen atoms in total. The van der Waals surface area contributed by atoms with Crippen LogP contribution in [0.1, 0.15) is 57.8 Å². The molecule has 7 aromatic carbocycles. The molecule has 15 rings (SSSR count). The summed E-state index contributed by atoms with van der Waals surface area (Å²) in [6, 6.07) is 71.9. The number of nitrogens with zero attached hydrogens (tertiary/aromatic N) is 4. The van der Waals surface area contributed by atoms with Gasteiger partial charge in [-0.05, 0) is 170 Å². The van der Waals surface area contributed by atoms with E-state index in [4.69, 9.17) is 0 Å². The third kappa shape index (κ3) is 6.64. The van der Waals surface area contributed by atoms with Gasteiger partial charge < -0.3 is 19.6 Å². The van der Waals surface area contributed by atoms with Crippen LogP contribution in [0.5, 0.6) is 0 Å². The standard InChI is InChI=1S/C59H56N4/c1-4-10-42(11-5-1)44-16-22-49(23-17-44)60(50-24-18-45(19-25-50)43-12-6-2-7-13-43)51-26-20-46(21-27-51)47-33-54(62-52-29-40-28-41(31-52)32-53(62)30-40)35-55(34-47)63-58-36-56-37-59(63)39-57(38-58)61(56)48-14-8-3-9-15-48/h1-27,33-35,40-41,52-53,56-59H,28-32,36-39H2. The summed E-state index contributed by atoms with van der Waals surface area (Å²) in [5.41, 5.74) is 15.4. The molecule has 6 saturated heterocycles. The van der Waals surface area contributed by atoms with Gasteiger partial charge in [-0.25, -0.2) is 0 Å². The minimum atomic E-state index is 0.599. The molecular weight excluding hydrogens is 765 g/mol. The van der Waals surface area contributed by atoms with Crippen molar-refractivity contribution in [1.82, 2.24) is 0 Å². The number of rotatable bonds is 9. The highest BCUT2D eigenvalue weighted by Gasteiger charge is 2.52. The van der Waals surface area contributed by atoms with Gasteiger partial charge in [-0.3, -0.25) is 0 Å². The van der Waals surface area contributed by atoms with E-state index in [9.17, 15) is 0 Å². The molecule has 7 aromatic rings. The van der Waals surface area contributed by atoms with E-state index in [1.165, 1.54) is 108 Å². The third-order valence-corrected chi connectivity index (χ3v) is 16.1. The van der Waals surface area contributed by atoms with Crippen molar-refractivity contribution in [1.29, 1.82) is 0 Å². The van der Waals surface area contributed by atoms with Crippen LogP contribution in [-0.4, -0.2) is 36.3 Å². The zero-order valence-electron chi connectivity index (χ0n) is 36.1. The van der Waals surface area contributed by atoms with E-state index in [0.717, 1.165) is 28.9 Å². The first-order valence-corrected chi connectivity index (χ1v) is 23.9. The highest BCUT2D eigenvalue weighted by molar-refractivity contribution is 5.82. The highest BCUT2D eigenvalue weighted by Crippen LogP contribution is 2.53. The number of hydrogen-bond donors (Lipinski definition) is 0. The average molecular weight is 821 g/mol. The van der Waals surface area contributed by atoms with Crippen molar-refractivity contribution in [3.63, 3.8) is 0 Å². The van der Waals surface area contributed by atoms with Crippen molar-refractivity contribution in [3.05, 3.63) is 182 Å². The molecule has 0 N–H and O–H groups in total. The summed E-state index contributed by atoms with van der Waals surface area (Å²) < 4.78 is 0. The molecule has 8 fully saturated rings. The third-order valence-electron chi connectivity index (χ3n) is 16.1. The fraction of sp³-hybridized carbons (Fsp3) is 0.288. The fourth-order valence-corrected chi connectivity index (χ4v) is 13.7. The Kier molecular flexibility index (Phi) is 9.02. The monoisotopic (exact) mass is 820 g/mol. The molecule has 0 spiro atoms. The molecule has 8 aliphatic rings. The van der Waals surface area contributed by atoms with Gasteiger partial charge in [0.2, 0.25) is 0 Å². The molecule has 63 heavy (non-hydrogen) atoms. The van der Waals surface area contributed by atoms with E-state index >= 15 is 0 Å². The minimum Gasteiger partial charge on any atom is -0.365 e. The second-order valence-electron chi connectivity index (χ2n) is 19.8. The summed E-state index contributed by atoms with van der Waals surface area (Å²) in [6.07, 6.45) is 12.0. The van der Waals surface area contributed by atoms with E-state index in [1.807, 2.05) is 0 Å². The van der Waals surface area contributed by atoms with Gasteiger partial charge in [-0.1, -0.05) is 115 Å². The molecule has 8 bridgehead atoms. The van der Waals surface area contributed by atoms with Gasteiger partial charge in [0, 0.05) is 70.4 Å². The number of anilines is 6. The van der Waals surface area contributed by atoms with Crippen LogP contribution in [0.4, 0.5) is 34.1 Å². The largest absolute Gasteiger partial charge is 0.365 e. The molecule has 0 radical (unpaired) electrons. The molecule has 2 saturated carbocycles. The lowest BCUT2D eigenvalue weighted by Crippen LogP contribution is -2.69. The van der Waals surface area contributed by atoms with E-state index in [0.29, 0.717) is 36.3 Å². The zero-order valence-corrected chi connectivity index (χ0v) is 36.1. The second kappa shape index (κ2) is 15.2. The summed E-state index contributed by atoms with van der Waals surface area (Å²) in [7, 11) is 0. The SMILES string of the molecule is c1ccc(-c2ccc(N(c3ccc(-c4ccccc4)cc3)c3ccc(-c4cc(N5C6CC7CC(C6)CC5C7)cc(N5C6CC7CC5CC(C6)N7c5ccccc5)c4)cc3)cc2)cc1. The Morgan fingerprint density at radius 3 is 0.984 bits per heavy atom. The van der Waals surface area contributed by atoms with Crippen LogP contribution in [-0.2, 0) is 0 Å². The van der Waals surface area contributed by atoms with Gasteiger partial charge in [0.05, 0.1) is 0 Å². The van der Waals surface area contributed by atoms with Crippen LogP contribution in [0.15, 0.2) is 182 Å². The zero-order chi connectivity index (χ0) is 41.4. The predicted molar refractivity (Wildman–Crippen MR) is 263 cm³/mol. The fourth-order valence-electron chi connectivity index (χ4n) is 13.7. The summed E-state index contributed by atoms with van der Waals surface area (Å²) >= 11 is 0. The molecule has 0 atom stereocenters. The summed E-state index contributed by atoms with van der Waals surface area (Å²) in [6.45, 7) is 0. The number of benzene rings is 7. The molecule has 6 heterocycles. The Morgan fingerprint density at radius 1 is 0.270 bits per heavy atom. The average Bonchev–Trinajstić information content (AvgIpc) is 3.33. The Bertz CT molecular complexity index is 2570. The van der Waals surface area contributed by atoms with Gasteiger partial charge in [-0.2, -0.15) is 0 Å². The molecule has 0 unspecified atom stereocenters. The molecular formula is C59H56N4. The van der Waals surface area contributed by atoms with Crippen molar-refractivity contribution in [2.45, 2.75) is 94.0 Å². The lowest BCUT2D eigenvalue weighted by atomic mass is 9.63. The molecule has 0 amide bonds. The van der Waals surface area contributed by atoms with E-state index in [2.05, 4.69) is 202 Å². The van der Waals surface area contributed by atoms with Crippen molar-refractivity contribution in [2.24, 2.45) is 11.8 Å². The Labute approximate surface area is 373 Å². The van der Waals surface area contributed by atoms with E-state index in [1.54, 1.807) is 0 Å². The Balaban J connectivity index is 0.861. The van der Waals surface area contributed by atoms with Crippen LogP contribution in [0.3, 0.4) is 0 Å². The number of piperidine rings is 6. The maximum atomic E-state index is 2.92. The van der Waals surface area contributed by atoms with Crippen LogP contribution in [0.25, 0.3) is 33.4 Å². The van der Waals surface area contributed by atoms with Crippen molar-refractivity contribution in [2.75, 3.05) is 19.6 Å². The van der Waals surface area contributed by atoms with E-state index < -0.39 is 0 Å². The van der Waals surface area contributed by atoms with Crippen LogP contribution < -0.4 is 19.6 Å². The van der Waals surface area contributed by atoms with Gasteiger partial charge >= 0.3 is 0 Å². The van der Waals surface area contributed by atoms with Crippen LogP contribution >= 0.6 is 0 Å². The van der Waals surface area contributed by atoms with Crippen LogP contribution in [0, 0.1) is 11.8 Å². The van der Waals surface area contributed by atoms with Gasteiger partial charge in [0.15, 0.2) is 0 Å². The molecule has 2 aliphatic carbocycles. The van der Waals surface area contributed by atoms with Gasteiger partial charge in [-0.15, -0.1) is 0 Å². The molecule has 6 aliphatic heterocycles. The molecule has 4 heteroatoms. The smallest absolute Gasteiger partial charge is 0.0462 e. The predicted octanol–water partition coefficient (Wildman–Crippen LogP) is 14.3. The lowest BCUT2D eigenvalue weighted by molar-refractivity contribution is 0.0900. The maximum absolute atomic E-state index is 2.92. The van der Waals surface area contributed by atoms with E-state index in [-0.39, 0.29) is 0 Å². The maximum Gasteiger partial charge on any atom is 0.0462 e. The van der Waals surface area contributed by atoms with Crippen LogP contribution in [0.2, 0.25) is 0 Å². The van der Waals surface area contributed by atoms with Crippen molar-refractivity contribution < 1.29 is 0 Å². The topological polar surface area (TPSA) is 13.0 Å². The first-order chi connectivity index (χ1) is 31.1. The lowest BCUT2D eigenvalue weighted by Gasteiger charge is -2.62. The Morgan fingerprint density at radius 2 is 0.587 bits per heavy atom. The quantitative estimate of drug-likeness (QED) is 0.144. The summed E-state index contributed by atoms with van der Waals surface area (Å²) in [5.74, 6) is 1.87. The van der Waals surface area contributed by atoms with Crippen molar-refractivity contribution in [3.8, 4) is 33.4 Å². The Hall–Kier alpha value is -6.26. The normalized spacial score (nSPS) is 26.4. The minimum absolute atomic E-state index is 0.599. The molecule has 312 valence electrons. The highest BCUT2D eigenvalue weighted by atomic mass is 15.3. The van der Waals surface area contributed by atoms with Gasteiger partial charge in [0.1, 0.15) is 0 Å².